The number of amides is 1. The van der Waals surface area contributed by atoms with E-state index in [2.05, 4.69) is 10.1 Å². The molecule has 34 heavy (non-hydrogen) atoms. The molecule has 1 aliphatic rings. The molecule has 5 aromatic rings. The summed E-state index contributed by atoms with van der Waals surface area (Å²) in [5.74, 6) is 1.62. The van der Waals surface area contributed by atoms with Crippen LogP contribution in [-0.2, 0) is 0 Å². The molecule has 166 valence electrons. The van der Waals surface area contributed by atoms with Gasteiger partial charge in [-0.3, -0.25) is 9.69 Å². The SMILES string of the molecule is CN1CCN(C(=O)c2nc(-c3ccccc3)n(-c3ccccc3)n2)c2nc3ccccc3nc21. The Morgan fingerprint density at radius 1 is 0.735 bits per heavy atom. The highest BCUT2D eigenvalue weighted by Crippen LogP contribution is 2.31. The van der Waals surface area contributed by atoms with Crippen LogP contribution in [0.1, 0.15) is 10.6 Å². The summed E-state index contributed by atoms with van der Waals surface area (Å²) in [5, 5.41) is 4.64. The zero-order valence-corrected chi connectivity index (χ0v) is 18.5. The maximum atomic E-state index is 13.7. The second-order valence-electron chi connectivity index (χ2n) is 8.11. The highest BCUT2D eigenvalue weighted by atomic mass is 16.2. The number of hydrogen-bond donors (Lipinski definition) is 0. The van der Waals surface area contributed by atoms with Crippen LogP contribution in [0, 0.1) is 0 Å². The summed E-state index contributed by atoms with van der Waals surface area (Å²) in [6.45, 7) is 1.10. The lowest BCUT2D eigenvalue weighted by atomic mass is 10.2. The van der Waals surface area contributed by atoms with Gasteiger partial charge in [0.15, 0.2) is 17.5 Å². The van der Waals surface area contributed by atoms with E-state index in [9.17, 15) is 4.79 Å². The molecular weight excluding hydrogens is 426 g/mol. The number of rotatable bonds is 3. The molecule has 0 aliphatic carbocycles. The summed E-state index contributed by atoms with van der Waals surface area (Å²) in [7, 11) is 1.96. The normalized spacial score (nSPS) is 13.2. The predicted molar refractivity (Wildman–Crippen MR) is 131 cm³/mol. The molecule has 3 aromatic carbocycles. The zero-order chi connectivity index (χ0) is 23.1. The first kappa shape index (κ1) is 20.0. The van der Waals surface area contributed by atoms with Crippen molar-refractivity contribution in [3.05, 3.63) is 90.8 Å². The Labute approximate surface area is 196 Å². The molecule has 0 spiro atoms. The topological polar surface area (TPSA) is 80.0 Å². The van der Waals surface area contributed by atoms with Gasteiger partial charge in [-0.2, -0.15) is 0 Å². The van der Waals surface area contributed by atoms with Crippen molar-refractivity contribution in [2.45, 2.75) is 0 Å². The summed E-state index contributed by atoms with van der Waals surface area (Å²) < 4.78 is 1.71. The molecule has 0 N–H and O–H groups in total. The zero-order valence-electron chi connectivity index (χ0n) is 18.5. The molecule has 1 aliphatic heterocycles. The summed E-state index contributed by atoms with van der Waals surface area (Å²) in [6.07, 6.45) is 0. The summed E-state index contributed by atoms with van der Waals surface area (Å²) in [4.78, 5) is 31.6. The van der Waals surface area contributed by atoms with Crippen LogP contribution in [0.3, 0.4) is 0 Å². The summed E-state index contributed by atoms with van der Waals surface area (Å²) >= 11 is 0. The van der Waals surface area contributed by atoms with Crippen molar-refractivity contribution in [3.63, 3.8) is 0 Å². The smallest absolute Gasteiger partial charge is 0.299 e. The molecular formula is C26H21N7O. The Balaban J connectivity index is 1.46. The number of likely N-dealkylation sites (N-methyl/N-ethyl adjacent to an activating group) is 1. The lowest BCUT2D eigenvalue weighted by Crippen LogP contribution is -2.44. The van der Waals surface area contributed by atoms with Gasteiger partial charge in [-0.15, -0.1) is 5.10 Å². The first-order valence-corrected chi connectivity index (χ1v) is 11.1. The molecule has 0 radical (unpaired) electrons. The second kappa shape index (κ2) is 8.08. The molecule has 2 aromatic heterocycles. The minimum atomic E-state index is -0.300. The van der Waals surface area contributed by atoms with Gasteiger partial charge in [-0.1, -0.05) is 60.7 Å². The molecule has 1 amide bonds. The van der Waals surface area contributed by atoms with Crippen LogP contribution in [0.15, 0.2) is 84.9 Å². The second-order valence-corrected chi connectivity index (χ2v) is 8.11. The summed E-state index contributed by atoms with van der Waals surface area (Å²) in [5.41, 5.74) is 3.24. The van der Waals surface area contributed by atoms with E-state index in [4.69, 9.17) is 9.97 Å². The van der Waals surface area contributed by atoms with Crippen molar-refractivity contribution < 1.29 is 4.79 Å². The lowest BCUT2D eigenvalue weighted by Gasteiger charge is -2.33. The van der Waals surface area contributed by atoms with Gasteiger partial charge in [0.25, 0.3) is 5.91 Å². The van der Waals surface area contributed by atoms with Gasteiger partial charge in [0.1, 0.15) is 0 Å². The summed E-state index contributed by atoms with van der Waals surface area (Å²) in [6, 6.07) is 27.1. The van der Waals surface area contributed by atoms with E-state index in [-0.39, 0.29) is 11.7 Å². The molecule has 8 heteroatoms. The number of aromatic nitrogens is 5. The van der Waals surface area contributed by atoms with E-state index in [0.29, 0.717) is 30.5 Å². The molecule has 0 saturated carbocycles. The highest BCUT2D eigenvalue weighted by Gasteiger charge is 2.32. The van der Waals surface area contributed by atoms with Crippen LogP contribution in [0.2, 0.25) is 0 Å². The molecule has 0 saturated heterocycles. The molecule has 0 atom stereocenters. The standard InChI is InChI=1S/C26H21N7O/c1-31-16-17-32(25-24(31)27-20-14-8-9-15-21(20)28-25)26(34)22-29-23(18-10-4-2-5-11-18)33(30-22)19-12-6-3-7-13-19/h2-15H,16-17H2,1H3. The number of nitrogens with zero attached hydrogens (tertiary/aromatic N) is 7. The van der Waals surface area contributed by atoms with Crippen LogP contribution in [0.25, 0.3) is 28.1 Å². The van der Waals surface area contributed by atoms with Crippen LogP contribution in [0.4, 0.5) is 11.6 Å². The van der Waals surface area contributed by atoms with Crippen molar-refractivity contribution >= 4 is 28.6 Å². The number of hydrogen-bond acceptors (Lipinski definition) is 6. The van der Waals surface area contributed by atoms with E-state index >= 15 is 0 Å². The third-order valence-corrected chi connectivity index (χ3v) is 5.89. The Kier molecular flexibility index (Phi) is 4.76. The van der Waals surface area contributed by atoms with Gasteiger partial charge in [0, 0.05) is 25.7 Å². The van der Waals surface area contributed by atoms with Gasteiger partial charge in [-0.05, 0) is 24.3 Å². The van der Waals surface area contributed by atoms with Gasteiger partial charge >= 0.3 is 0 Å². The third kappa shape index (κ3) is 3.36. The monoisotopic (exact) mass is 447 g/mol. The molecule has 0 bridgehead atoms. The van der Waals surface area contributed by atoms with Gasteiger partial charge in [-0.25, -0.2) is 19.6 Å². The van der Waals surface area contributed by atoms with Crippen LogP contribution < -0.4 is 9.80 Å². The van der Waals surface area contributed by atoms with Crippen LogP contribution >= 0.6 is 0 Å². The number of carbonyl (C=O) groups excluding carboxylic acids is 1. The number of anilines is 2. The molecule has 6 rings (SSSR count). The fourth-order valence-electron chi connectivity index (χ4n) is 4.12. The van der Waals surface area contributed by atoms with Crippen molar-refractivity contribution in [3.8, 4) is 17.1 Å². The lowest BCUT2D eigenvalue weighted by molar-refractivity contribution is 0.0976. The van der Waals surface area contributed by atoms with Gasteiger partial charge in [0.2, 0.25) is 5.82 Å². The Hall–Kier alpha value is -4.59. The largest absolute Gasteiger partial charge is 0.355 e. The van der Waals surface area contributed by atoms with Crippen molar-refractivity contribution in [1.29, 1.82) is 0 Å². The Bertz CT molecular complexity index is 1440. The van der Waals surface area contributed by atoms with E-state index < -0.39 is 0 Å². The van der Waals surface area contributed by atoms with Crippen molar-refractivity contribution in [2.24, 2.45) is 0 Å². The maximum Gasteiger partial charge on any atom is 0.299 e. The van der Waals surface area contributed by atoms with Crippen molar-refractivity contribution in [2.75, 3.05) is 29.9 Å². The Morgan fingerprint density at radius 3 is 2.06 bits per heavy atom. The quantitative estimate of drug-likeness (QED) is 0.416. The number of carbonyl (C=O) groups is 1. The average molecular weight is 448 g/mol. The highest BCUT2D eigenvalue weighted by molar-refractivity contribution is 6.06. The van der Waals surface area contributed by atoms with Crippen molar-refractivity contribution in [1.82, 2.24) is 24.7 Å². The molecule has 3 heterocycles. The molecule has 0 unspecified atom stereocenters. The molecule has 0 fully saturated rings. The number of fused-ring (bicyclic) bond motifs is 2. The maximum absolute atomic E-state index is 13.7. The van der Waals surface area contributed by atoms with E-state index in [1.54, 1.807) is 9.58 Å². The average Bonchev–Trinajstić information content (AvgIpc) is 3.34. The first-order valence-electron chi connectivity index (χ1n) is 11.1. The fraction of sp³-hybridized carbons (Fsp3) is 0.115. The number of para-hydroxylation sites is 3. The van der Waals surface area contributed by atoms with Gasteiger partial charge < -0.3 is 4.90 Å². The van der Waals surface area contributed by atoms with E-state index in [1.807, 2.05) is 96.9 Å². The minimum absolute atomic E-state index is 0.119. The van der Waals surface area contributed by atoms with Gasteiger partial charge in [0.05, 0.1) is 16.7 Å². The van der Waals surface area contributed by atoms with Crippen LogP contribution in [-0.4, -0.2) is 50.8 Å². The molecule has 8 nitrogen and oxygen atoms in total. The Morgan fingerprint density at radius 2 is 1.35 bits per heavy atom. The minimum Gasteiger partial charge on any atom is -0.355 e. The van der Waals surface area contributed by atoms with E-state index in [1.165, 1.54) is 0 Å². The number of benzene rings is 3. The third-order valence-electron chi connectivity index (χ3n) is 5.89. The fourth-order valence-corrected chi connectivity index (χ4v) is 4.12. The first-order chi connectivity index (χ1) is 16.7. The van der Waals surface area contributed by atoms with Crippen LogP contribution in [0.5, 0.6) is 0 Å². The predicted octanol–water partition coefficient (Wildman–Crippen LogP) is 3.97. The van der Waals surface area contributed by atoms with E-state index in [0.717, 1.165) is 22.3 Å².